The largest absolute Gasteiger partial charge is 0.501 e. The summed E-state index contributed by atoms with van der Waals surface area (Å²) < 4.78 is 19.7. The molecule has 2 aromatic heterocycles. The van der Waals surface area contributed by atoms with Crippen molar-refractivity contribution in [2.75, 3.05) is 0 Å². The lowest BCUT2D eigenvalue weighted by atomic mass is 9.77. The molecule has 6 rings (SSSR count). The summed E-state index contributed by atoms with van der Waals surface area (Å²) >= 11 is 0. The van der Waals surface area contributed by atoms with Crippen molar-refractivity contribution in [2.24, 2.45) is 5.92 Å². The number of rotatable bonds is 5. The van der Waals surface area contributed by atoms with Crippen molar-refractivity contribution in [3.63, 3.8) is 0 Å². The van der Waals surface area contributed by atoms with Crippen LogP contribution in [0.1, 0.15) is 64.1 Å². The normalized spacial score (nSPS) is 20.7. The molecule has 11 nitrogen and oxygen atoms in total. The fraction of sp³-hybridized carbons (Fsp3) is 0.391. The summed E-state index contributed by atoms with van der Waals surface area (Å²) in [5.41, 5.74) is -1.60. The van der Waals surface area contributed by atoms with E-state index in [1.54, 1.807) is 6.92 Å². The van der Waals surface area contributed by atoms with E-state index in [0.717, 1.165) is 12.8 Å². The van der Waals surface area contributed by atoms with Gasteiger partial charge >= 0.3 is 11.8 Å². The van der Waals surface area contributed by atoms with E-state index in [1.807, 2.05) is 0 Å². The van der Waals surface area contributed by atoms with Crippen LogP contribution in [0.25, 0.3) is 0 Å². The summed E-state index contributed by atoms with van der Waals surface area (Å²) in [6.45, 7) is 1.93. The van der Waals surface area contributed by atoms with Crippen molar-refractivity contribution in [1.29, 1.82) is 0 Å². The summed E-state index contributed by atoms with van der Waals surface area (Å²) in [6, 6.07) is 5.55. The molecule has 0 spiro atoms. The first-order valence-electron chi connectivity index (χ1n) is 11.3. The zero-order valence-electron chi connectivity index (χ0n) is 18.9. The Kier molecular flexibility index (Phi) is 5.58. The number of fused-ring (bicyclic) bond motifs is 2. The zero-order chi connectivity index (χ0) is 24.7. The molecular weight excluding hydrogens is 459 g/mol. The minimum Gasteiger partial charge on any atom is -0.501 e. The van der Waals surface area contributed by atoms with E-state index >= 15 is 0 Å². The summed E-state index contributed by atoms with van der Waals surface area (Å²) in [5, 5.41) is 23.5. The fourth-order valence-electron chi connectivity index (χ4n) is 4.78. The Hall–Kier alpha value is -4.09. The molecule has 0 radical (unpaired) electrons. The number of hydrogen-bond donors (Lipinski definition) is 3. The van der Waals surface area contributed by atoms with E-state index in [9.17, 15) is 23.9 Å². The van der Waals surface area contributed by atoms with Crippen molar-refractivity contribution in [3.05, 3.63) is 69.3 Å². The number of aromatic nitrogens is 4. The Morgan fingerprint density at radius 2 is 1.91 bits per heavy atom. The molecule has 1 aliphatic carbocycles. The molecule has 0 atom stereocenters. The van der Waals surface area contributed by atoms with Crippen LogP contribution in [0.2, 0.25) is 0 Å². The van der Waals surface area contributed by atoms with Crippen LogP contribution in [0, 0.1) is 18.7 Å². The lowest BCUT2D eigenvalue weighted by Gasteiger charge is -2.36. The number of aromatic hydroxyl groups is 1. The third-order valence-corrected chi connectivity index (χ3v) is 6.63. The van der Waals surface area contributed by atoms with Gasteiger partial charge in [0.05, 0.1) is 5.54 Å². The first-order valence-corrected chi connectivity index (χ1v) is 11.3. The number of aryl methyl sites for hydroxylation is 1. The van der Waals surface area contributed by atoms with E-state index in [2.05, 4.69) is 25.8 Å². The van der Waals surface area contributed by atoms with Crippen molar-refractivity contribution >= 4 is 11.8 Å². The van der Waals surface area contributed by atoms with Crippen molar-refractivity contribution in [3.8, 4) is 5.75 Å². The maximum atomic E-state index is 13.1. The molecular formula is C23H23FN6O5. The Morgan fingerprint density at radius 3 is 2.57 bits per heavy atom. The van der Waals surface area contributed by atoms with Gasteiger partial charge in [-0.05, 0) is 49.3 Å². The van der Waals surface area contributed by atoms with Crippen LogP contribution in [-0.4, -0.2) is 36.7 Å². The molecule has 2 bridgehead atoms. The number of amides is 2. The molecule has 1 fully saturated rings. The minimum absolute atomic E-state index is 0.0408. The summed E-state index contributed by atoms with van der Waals surface area (Å²) in [4.78, 5) is 43.4. The topological polar surface area (TPSA) is 152 Å². The number of halogens is 1. The van der Waals surface area contributed by atoms with Gasteiger partial charge in [0, 0.05) is 20.0 Å². The van der Waals surface area contributed by atoms with Crippen LogP contribution in [0.3, 0.4) is 0 Å². The first-order chi connectivity index (χ1) is 16.8. The van der Waals surface area contributed by atoms with E-state index in [1.165, 1.54) is 28.8 Å². The van der Waals surface area contributed by atoms with Crippen LogP contribution >= 0.6 is 0 Å². The van der Waals surface area contributed by atoms with E-state index < -0.39 is 40.2 Å². The highest BCUT2D eigenvalue weighted by atomic mass is 19.1. The highest BCUT2D eigenvalue weighted by Gasteiger charge is 2.46. The average molecular weight is 482 g/mol. The molecule has 182 valence electrons. The SMILES string of the molecule is Cc1nnc(C(=O)NC23CCC(CC2)Cn2c3nc(C(=O)NCc3ccc(F)cc3)c(O)c2=O)o1. The lowest BCUT2D eigenvalue weighted by Crippen LogP contribution is -2.50. The Balaban J connectivity index is 1.50. The van der Waals surface area contributed by atoms with Gasteiger partial charge < -0.3 is 20.2 Å². The number of nitrogens with one attached hydrogen (secondary N) is 2. The number of carbonyl (C=O) groups excluding carboxylic acids is 2. The highest BCUT2D eigenvalue weighted by molar-refractivity contribution is 5.94. The summed E-state index contributed by atoms with van der Waals surface area (Å²) in [5.74, 6) is -2.15. The van der Waals surface area contributed by atoms with Gasteiger partial charge in [-0.25, -0.2) is 9.37 Å². The van der Waals surface area contributed by atoms with Crippen LogP contribution in [0.5, 0.6) is 5.75 Å². The summed E-state index contributed by atoms with van der Waals surface area (Å²) in [6.07, 6.45) is 2.42. The molecule has 3 aliphatic rings. The molecule has 0 unspecified atom stereocenters. The van der Waals surface area contributed by atoms with Crippen LogP contribution in [0.15, 0.2) is 33.5 Å². The second kappa shape index (κ2) is 8.60. The van der Waals surface area contributed by atoms with Gasteiger partial charge in [0.1, 0.15) is 11.6 Å². The fourth-order valence-corrected chi connectivity index (χ4v) is 4.78. The Labute approximate surface area is 198 Å². The monoisotopic (exact) mass is 482 g/mol. The molecule has 1 saturated carbocycles. The molecule has 12 heteroatoms. The quantitative estimate of drug-likeness (QED) is 0.495. The molecule has 0 saturated heterocycles. The van der Waals surface area contributed by atoms with E-state index in [-0.39, 0.29) is 30.1 Å². The van der Waals surface area contributed by atoms with Crippen molar-refractivity contribution in [2.45, 2.75) is 51.2 Å². The Morgan fingerprint density at radius 1 is 1.20 bits per heavy atom. The molecule has 3 N–H and O–H groups in total. The van der Waals surface area contributed by atoms with Gasteiger partial charge in [-0.15, -0.1) is 10.2 Å². The van der Waals surface area contributed by atoms with Gasteiger partial charge in [-0.3, -0.25) is 19.0 Å². The molecule has 3 aromatic rings. The average Bonchev–Trinajstić information content (AvgIpc) is 3.16. The summed E-state index contributed by atoms with van der Waals surface area (Å²) in [7, 11) is 0. The first kappa shape index (κ1) is 22.7. The smallest absolute Gasteiger partial charge is 0.309 e. The number of hydrogen-bond acceptors (Lipinski definition) is 8. The molecule has 2 aliphatic heterocycles. The molecule has 1 aromatic carbocycles. The van der Waals surface area contributed by atoms with Crippen LogP contribution in [0.4, 0.5) is 4.39 Å². The van der Waals surface area contributed by atoms with Gasteiger partial charge in [-0.2, -0.15) is 0 Å². The van der Waals surface area contributed by atoms with Crippen molar-refractivity contribution < 1.29 is 23.5 Å². The van der Waals surface area contributed by atoms with E-state index in [4.69, 9.17) is 4.42 Å². The Bertz CT molecular complexity index is 1360. The third kappa shape index (κ3) is 4.15. The minimum atomic E-state index is -1.05. The van der Waals surface area contributed by atoms with Gasteiger partial charge in [0.2, 0.25) is 11.6 Å². The van der Waals surface area contributed by atoms with E-state index in [0.29, 0.717) is 24.9 Å². The molecule has 2 amide bonds. The number of carbonyl (C=O) groups is 2. The maximum absolute atomic E-state index is 13.1. The molecule has 4 heterocycles. The predicted octanol–water partition coefficient (Wildman–Crippen LogP) is 1.54. The van der Waals surface area contributed by atoms with Gasteiger partial charge in [0.15, 0.2) is 5.69 Å². The third-order valence-electron chi connectivity index (χ3n) is 6.63. The standard InChI is InChI=1S/C23H23FN6O5/c1-12-28-29-20(35-12)19(33)27-23-8-6-14(7-9-23)11-30-21(34)17(31)16(26-22(23)30)18(32)25-10-13-2-4-15(24)5-3-13/h2-5,14,31H,6-11H2,1H3,(H,25,32)(H,27,33). The van der Waals surface area contributed by atoms with Crippen LogP contribution < -0.4 is 16.2 Å². The zero-order valence-corrected chi connectivity index (χ0v) is 18.9. The van der Waals surface area contributed by atoms with Gasteiger partial charge in [0.25, 0.3) is 11.5 Å². The second-order valence-corrected chi connectivity index (χ2v) is 8.96. The van der Waals surface area contributed by atoms with Crippen LogP contribution in [-0.2, 0) is 18.6 Å². The van der Waals surface area contributed by atoms with Crippen molar-refractivity contribution in [1.82, 2.24) is 30.4 Å². The highest BCUT2D eigenvalue weighted by Crippen LogP contribution is 2.43. The number of nitrogens with zero attached hydrogens (tertiary/aromatic N) is 4. The predicted molar refractivity (Wildman–Crippen MR) is 118 cm³/mol. The lowest BCUT2D eigenvalue weighted by molar-refractivity contribution is 0.0813. The molecule has 35 heavy (non-hydrogen) atoms. The maximum Gasteiger partial charge on any atom is 0.309 e. The number of benzene rings is 1. The second-order valence-electron chi connectivity index (χ2n) is 8.96. The van der Waals surface area contributed by atoms with Gasteiger partial charge in [-0.1, -0.05) is 12.1 Å².